The lowest BCUT2D eigenvalue weighted by atomic mass is 9.99. The summed E-state index contributed by atoms with van der Waals surface area (Å²) in [4.78, 5) is 12.1. The van der Waals surface area contributed by atoms with Crippen molar-refractivity contribution in [2.75, 3.05) is 0 Å². The molecule has 100 valence electrons. The summed E-state index contributed by atoms with van der Waals surface area (Å²) in [5.74, 6) is 0.118. The van der Waals surface area contributed by atoms with Gasteiger partial charge >= 0.3 is 0 Å². The van der Waals surface area contributed by atoms with Crippen molar-refractivity contribution in [3.63, 3.8) is 0 Å². The highest BCUT2D eigenvalue weighted by Gasteiger charge is 2.06. The average molecular weight is 263 g/mol. The minimum absolute atomic E-state index is 0.118. The molecule has 2 heteroatoms. The Balaban J connectivity index is 2.01. The second kappa shape index (κ2) is 6.16. The number of nitrogens with zero attached hydrogens (tertiary/aromatic N) is 1. The summed E-state index contributed by atoms with van der Waals surface area (Å²) in [6.45, 7) is 4.17. The molecule has 0 fully saturated rings. The van der Waals surface area contributed by atoms with Gasteiger partial charge in [-0.3, -0.25) is 4.79 Å². The second-order valence-corrected chi connectivity index (χ2v) is 5.03. The molecule has 20 heavy (non-hydrogen) atoms. The predicted molar refractivity (Wildman–Crippen MR) is 79.7 cm³/mol. The number of ketones is 1. The van der Waals surface area contributed by atoms with E-state index in [9.17, 15) is 4.79 Å². The molecule has 0 amide bonds. The first-order chi connectivity index (χ1) is 9.60. The Morgan fingerprint density at radius 1 is 1.05 bits per heavy atom. The molecule has 0 atom stereocenters. The van der Waals surface area contributed by atoms with Crippen LogP contribution in [0.25, 0.3) is 0 Å². The zero-order valence-electron chi connectivity index (χ0n) is 11.8. The number of carbonyl (C=O) groups is 1. The van der Waals surface area contributed by atoms with Gasteiger partial charge in [0.15, 0.2) is 5.78 Å². The fraction of sp³-hybridized carbons (Fsp3) is 0.222. The third kappa shape index (κ3) is 3.33. The molecule has 2 rings (SSSR count). The van der Waals surface area contributed by atoms with E-state index in [1.807, 2.05) is 0 Å². The maximum absolute atomic E-state index is 12.1. The van der Waals surface area contributed by atoms with Gasteiger partial charge in [-0.05, 0) is 49.1 Å². The molecule has 0 unspecified atom stereocenters. The number of nitriles is 1. The van der Waals surface area contributed by atoms with Gasteiger partial charge in [0, 0.05) is 12.0 Å². The molecule has 2 nitrogen and oxygen atoms in total. The van der Waals surface area contributed by atoms with Crippen LogP contribution in [0.3, 0.4) is 0 Å². The number of carbonyl (C=O) groups excluding carboxylic acids is 1. The van der Waals surface area contributed by atoms with E-state index < -0.39 is 0 Å². The minimum Gasteiger partial charge on any atom is -0.294 e. The monoisotopic (exact) mass is 263 g/mol. The van der Waals surface area contributed by atoms with Gasteiger partial charge in [-0.2, -0.15) is 5.26 Å². The summed E-state index contributed by atoms with van der Waals surface area (Å²) < 4.78 is 0. The Bertz CT molecular complexity index is 663. The quantitative estimate of drug-likeness (QED) is 0.782. The summed E-state index contributed by atoms with van der Waals surface area (Å²) in [5, 5.41) is 8.73. The summed E-state index contributed by atoms with van der Waals surface area (Å²) in [6, 6.07) is 15.2. The minimum atomic E-state index is 0.118. The largest absolute Gasteiger partial charge is 0.294 e. The summed E-state index contributed by atoms with van der Waals surface area (Å²) in [6.07, 6.45) is 1.24. The van der Waals surface area contributed by atoms with Crippen molar-refractivity contribution < 1.29 is 4.79 Å². The average Bonchev–Trinajstić information content (AvgIpc) is 2.48. The molecule has 2 aromatic carbocycles. The van der Waals surface area contributed by atoms with Crippen LogP contribution in [0.15, 0.2) is 42.5 Å². The zero-order chi connectivity index (χ0) is 14.5. The fourth-order valence-electron chi connectivity index (χ4n) is 2.09. The van der Waals surface area contributed by atoms with Gasteiger partial charge in [0.1, 0.15) is 0 Å². The van der Waals surface area contributed by atoms with Crippen molar-refractivity contribution in [1.29, 1.82) is 5.26 Å². The van der Waals surface area contributed by atoms with Crippen molar-refractivity contribution >= 4 is 5.78 Å². The Morgan fingerprint density at radius 3 is 2.35 bits per heavy atom. The van der Waals surface area contributed by atoms with Crippen LogP contribution in [0.4, 0.5) is 0 Å². The molecular formula is C18H17NO. The zero-order valence-corrected chi connectivity index (χ0v) is 11.8. The van der Waals surface area contributed by atoms with Crippen molar-refractivity contribution in [2.45, 2.75) is 26.7 Å². The third-order valence-electron chi connectivity index (χ3n) is 3.55. The highest BCUT2D eigenvalue weighted by Crippen LogP contribution is 2.13. The molecule has 0 aliphatic carbocycles. The van der Waals surface area contributed by atoms with Crippen molar-refractivity contribution in [2.24, 2.45) is 0 Å². The number of Topliss-reactive ketones (excluding diaryl/α,β-unsaturated/α-hetero) is 1. The van der Waals surface area contributed by atoms with Gasteiger partial charge in [-0.25, -0.2) is 0 Å². The van der Waals surface area contributed by atoms with E-state index in [-0.39, 0.29) is 5.78 Å². The van der Waals surface area contributed by atoms with E-state index >= 15 is 0 Å². The van der Waals surface area contributed by atoms with Crippen molar-refractivity contribution in [3.05, 3.63) is 70.3 Å². The number of benzene rings is 2. The van der Waals surface area contributed by atoms with Crippen molar-refractivity contribution in [1.82, 2.24) is 0 Å². The van der Waals surface area contributed by atoms with Crippen LogP contribution in [-0.2, 0) is 6.42 Å². The topological polar surface area (TPSA) is 40.9 Å². The maximum Gasteiger partial charge on any atom is 0.163 e. The number of hydrogen-bond acceptors (Lipinski definition) is 2. The predicted octanol–water partition coefficient (Wildman–Crippen LogP) is 3.99. The molecule has 0 radical (unpaired) electrons. The van der Waals surface area contributed by atoms with Gasteiger partial charge < -0.3 is 0 Å². The third-order valence-corrected chi connectivity index (χ3v) is 3.55. The first-order valence-corrected chi connectivity index (χ1v) is 6.69. The molecule has 0 N–H and O–H groups in total. The Kier molecular flexibility index (Phi) is 4.32. The summed E-state index contributed by atoms with van der Waals surface area (Å²) in [7, 11) is 0. The molecule has 0 aromatic heterocycles. The summed E-state index contributed by atoms with van der Waals surface area (Å²) in [5.41, 5.74) is 4.97. The molecule has 0 saturated heterocycles. The van der Waals surface area contributed by atoms with E-state index in [0.29, 0.717) is 17.5 Å². The Labute approximate surface area is 119 Å². The van der Waals surface area contributed by atoms with Gasteiger partial charge in [0.25, 0.3) is 0 Å². The van der Waals surface area contributed by atoms with Crippen LogP contribution in [0.2, 0.25) is 0 Å². The second-order valence-electron chi connectivity index (χ2n) is 5.03. The van der Waals surface area contributed by atoms with Gasteiger partial charge in [-0.15, -0.1) is 0 Å². The molecular weight excluding hydrogens is 246 g/mol. The standard InChI is InChI=1S/C18H17NO/c1-13-3-4-15(11-14(13)2)7-10-18(20)17-8-5-16(12-19)6-9-17/h3-6,8-9,11H,7,10H2,1-2H3. The molecule has 2 aromatic rings. The van der Waals surface area contributed by atoms with E-state index in [1.54, 1.807) is 24.3 Å². The summed E-state index contributed by atoms with van der Waals surface area (Å²) >= 11 is 0. The molecule has 0 saturated carbocycles. The van der Waals surface area contributed by atoms with Crippen LogP contribution in [0.1, 0.15) is 39.0 Å². The SMILES string of the molecule is Cc1ccc(CCC(=O)c2ccc(C#N)cc2)cc1C. The van der Waals surface area contributed by atoms with Crippen LogP contribution >= 0.6 is 0 Å². The van der Waals surface area contributed by atoms with Gasteiger partial charge in [0.05, 0.1) is 11.6 Å². The van der Waals surface area contributed by atoms with E-state index in [2.05, 4.69) is 38.1 Å². The van der Waals surface area contributed by atoms with E-state index in [4.69, 9.17) is 5.26 Å². The van der Waals surface area contributed by atoms with Gasteiger partial charge in [-0.1, -0.05) is 30.3 Å². The Morgan fingerprint density at radius 2 is 1.75 bits per heavy atom. The van der Waals surface area contributed by atoms with Crippen LogP contribution in [-0.4, -0.2) is 5.78 Å². The van der Waals surface area contributed by atoms with E-state index in [1.165, 1.54) is 16.7 Å². The normalized spacial score (nSPS) is 10.1. The first kappa shape index (κ1) is 14.0. The van der Waals surface area contributed by atoms with E-state index in [0.717, 1.165) is 6.42 Å². The molecule has 0 bridgehead atoms. The van der Waals surface area contributed by atoms with Gasteiger partial charge in [0.2, 0.25) is 0 Å². The van der Waals surface area contributed by atoms with Crippen molar-refractivity contribution in [3.8, 4) is 6.07 Å². The van der Waals surface area contributed by atoms with Crippen LogP contribution in [0, 0.1) is 25.2 Å². The molecule has 0 aliphatic rings. The smallest absolute Gasteiger partial charge is 0.163 e. The number of rotatable bonds is 4. The van der Waals surface area contributed by atoms with Crippen LogP contribution in [0.5, 0.6) is 0 Å². The lowest BCUT2D eigenvalue weighted by Gasteiger charge is -2.05. The van der Waals surface area contributed by atoms with Crippen LogP contribution < -0.4 is 0 Å². The molecule has 0 heterocycles. The lowest BCUT2D eigenvalue weighted by molar-refractivity contribution is 0.0983. The Hall–Kier alpha value is -2.40. The molecule has 0 spiro atoms. The highest BCUT2D eigenvalue weighted by atomic mass is 16.1. The maximum atomic E-state index is 12.1. The first-order valence-electron chi connectivity index (χ1n) is 6.69. The number of hydrogen-bond donors (Lipinski definition) is 0. The molecule has 0 aliphatic heterocycles. The fourth-order valence-corrected chi connectivity index (χ4v) is 2.09. The number of aryl methyl sites for hydroxylation is 3. The lowest BCUT2D eigenvalue weighted by Crippen LogP contribution is -2.01. The highest BCUT2D eigenvalue weighted by molar-refractivity contribution is 5.96.